The molecule has 48 heavy (non-hydrogen) atoms. The lowest BCUT2D eigenvalue weighted by molar-refractivity contribution is 0.199. The van der Waals surface area contributed by atoms with Crippen molar-refractivity contribution < 1.29 is 18.9 Å². The minimum Gasteiger partial charge on any atom is -0.489 e. The van der Waals surface area contributed by atoms with Crippen LogP contribution in [0.4, 0.5) is 0 Å². The molecule has 2 aromatic carbocycles. The fraction of sp³-hybridized carbons (Fsp3) is 0.727. The van der Waals surface area contributed by atoms with Gasteiger partial charge in [-0.1, -0.05) is 145 Å². The molecule has 0 aliphatic carbocycles. The van der Waals surface area contributed by atoms with Crippen LogP contribution in [-0.4, -0.2) is 26.4 Å². The molecular formula is C44H74O4. The number of hydrogen-bond donors (Lipinski definition) is 0. The minimum atomic E-state index is 0.550. The monoisotopic (exact) mass is 667 g/mol. The summed E-state index contributed by atoms with van der Waals surface area (Å²) in [7, 11) is 0. The largest absolute Gasteiger partial charge is 0.489 e. The van der Waals surface area contributed by atoms with Crippen molar-refractivity contribution in [3.05, 3.63) is 36.4 Å². The van der Waals surface area contributed by atoms with Crippen LogP contribution in [0.5, 0.6) is 23.0 Å². The van der Waals surface area contributed by atoms with Gasteiger partial charge >= 0.3 is 0 Å². The van der Waals surface area contributed by atoms with E-state index in [-0.39, 0.29) is 0 Å². The second-order valence-corrected chi connectivity index (χ2v) is 14.2. The van der Waals surface area contributed by atoms with E-state index in [9.17, 15) is 0 Å². The molecule has 0 radical (unpaired) electrons. The Labute approximate surface area is 297 Å². The van der Waals surface area contributed by atoms with Crippen LogP contribution in [-0.2, 0) is 0 Å². The predicted molar refractivity (Wildman–Crippen MR) is 207 cm³/mol. The highest BCUT2D eigenvalue weighted by Crippen LogP contribution is 2.38. The number of benzene rings is 2. The first-order valence-electron chi connectivity index (χ1n) is 20.3. The average Bonchev–Trinajstić information content (AvgIpc) is 3.12. The molecule has 0 spiro atoms. The van der Waals surface area contributed by atoms with Crippen LogP contribution in [0.2, 0.25) is 0 Å². The third kappa shape index (κ3) is 15.5. The Morgan fingerprint density at radius 1 is 0.375 bits per heavy atom. The lowest BCUT2D eigenvalue weighted by Crippen LogP contribution is -2.14. The quantitative estimate of drug-likeness (QED) is 0.0866. The molecule has 0 aliphatic rings. The molecule has 274 valence electrons. The summed E-state index contributed by atoms with van der Waals surface area (Å²) in [5.74, 6) is 5.65. The summed E-state index contributed by atoms with van der Waals surface area (Å²) >= 11 is 0. The number of rotatable bonds is 29. The summed E-state index contributed by atoms with van der Waals surface area (Å²) in [5, 5.41) is 0. The maximum Gasteiger partial charge on any atom is 0.161 e. The van der Waals surface area contributed by atoms with Gasteiger partial charge in [0.1, 0.15) is 0 Å². The van der Waals surface area contributed by atoms with Crippen LogP contribution in [0.3, 0.4) is 0 Å². The third-order valence-electron chi connectivity index (χ3n) is 10.3. The lowest BCUT2D eigenvalue weighted by Gasteiger charge is -2.22. The van der Waals surface area contributed by atoms with E-state index in [1.807, 2.05) is 0 Å². The molecule has 2 rings (SSSR count). The summed E-state index contributed by atoms with van der Waals surface area (Å²) in [6, 6.07) is 13.0. The third-order valence-corrected chi connectivity index (χ3v) is 10.3. The first-order chi connectivity index (χ1) is 23.5. The van der Waals surface area contributed by atoms with Gasteiger partial charge in [-0.05, 0) is 84.7 Å². The van der Waals surface area contributed by atoms with Crippen molar-refractivity contribution in [1.82, 2.24) is 0 Å². The van der Waals surface area contributed by atoms with Crippen LogP contribution in [0.25, 0.3) is 11.1 Å². The second-order valence-electron chi connectivity index (χ2n) is 14.2. The molecule has 0 aromatic heterocycles. The van der Waals surface area contributed by atoms with E-state index in [0.717, 1.165) is 86.2 Å². The molecule has 0 fully saturated rings. The zero-order valence-electron chi connectivity index (χ0n) is 32.5. The first-order valence-corrected chi connectivity index (χ1v) is 20.3. The molecule has 0 saturated carbocycles. The normalized spacial score (nSPS) is 13.9. The standard InChI is InChI=1S/C44H74O4/c1-9-17-21-35(13-5)31-45-41-27-25-39(29-43(41)47-33-37(15-7)23-19-11-3)40-26-28-42(46-32-36(14-6)22-18-10-2)44(30-40)48-34-38(16-8)24-20-12-4/h25-30,35-38H,9-24,31-34H2,1-8H3. The zero-order chi connectivity index (χ0) is 35.0. The van der Waals surface area contributed by atoms with Gasteiger partial charge in [-0.3, -0.25) is 0 Å². The van der Waals surface area contributed by atoms with Crippen molar-refractivity contribution in [1.29, 1.82) is 0 Å². The van der Waals surface area contributed by atoms with E-state index in [0.29, 0.717) is 23.7 Å². The fourth-order valence-electron chi connectivity index (χ4n) is 6.26. The zero-order valence-corrected chi connectivity index (χ0v) is 32.5. The highest BCUT2D eigenvalue weighted by atomic mass is 16.5. The van der Waals surface area contributed by atoms with Gasteiger partial charge in [-0.25, -0.2) is 0 Å². The van der Waals surface area contributed by atoms with E-state index in [4.69, 9.17) is 18.9 Å². The Morgan fingerprint density at radius 3 is 0.896 bits per heavy atom. The summed E-state index contributed by atoms with van der Waals surface area (Å²) in [6.45, 7) is 21.1. The molecule has 4 unspecified atom stereocenters. The molecule has 0 aliphatic heterocycles. The van der Waals surface area contributed by atoms with Crippen molar-refractivity contribution in [3.63, 3.8) is 0 Å². The Balaban J connectivity index is 2.41. The number of hydrogen-bond acceptors (Lipinski definition) is 4. The van der Waals surface area contributed by atoms with Gasteiger partial charge in [-0.2, -0.15) is 0 Å². The van der Waals surface area contributed by atoms with Gasteiger partial charge in [-0.15, -0.1) is 0 Å². The van der Waals surface area contributed by atoms with E-state index < -0.39 is 0 Å². The van der Waals surface area contributed by atoms with E-state index in [2.05, 4.69) is 91.8 Å². The second kappa shape index (κ2) is 25.6. The maximum absolute atomic E-state index is 6.61. The summed E-state index contributed by atoms with van der Waals surface area (Å²) < 4.78 is 26.2. The lowest BCUT2D eigenvalue weighted by atomic mass is 10.00. The van der Waals surface area contributed by atoms with Crippen molar-refractivity contribution in [2.24, 2.45) is 23.7 Å². The maximum atomic E-state index is 6.61. The topological polar surface area (TPSA) is 36.9 Å². The predicted octanol–water partition coefficient (Wildman–Crippen LogP) is 13.7. The van der Waals surface area contributed by atoms with Gasteiger partial charge in [0.15, 0.2) is 23.0 Å². The minimum absolute atomic E-state index is 0.550. The van der Waals surface area contributed by atoms with Gasteiger partial charge in [0.2, 0.25) is 0 Å². The molecule has 4 nitrogen and oxygen atoms in total. The van der Waals surface area contributed by atoms with Crippen LogP contribution in [0, 0.1) is 23.7 Å². The fourth-order valence-corrected chi connectivity index (χ4v) is 6.26. The summed E-state index contributed by atoms with van der Waals surface area (Å²) in [6.07, 6.45) is 19.2. The molecule has 0 saturated heterocycles. The molecule has 0 N–H and O–H groups in total. The van der Waals surface area contributed by atoms with Crippen LogP contribution < -0.4 is 18.9 Å². The highest BCUT2D eigenvalue weighted by Gasteiger charge is 2.17. The van der Waals surface area contributed by atoms with Crippen LogP contribution in [0.15, 0.2) is 36.4 Å². The molecule has 0 amide bonds. The van der Waals surface area contributed by atoms with Gasteiger partial charge in [0, 0.05) is 0 Å². The molecule has 2 aromatic rings. The Hall–Kier alpha value is -2.36. The van der Waals surface area contributed by atoms with E-state index in [1.54, 1.807) is 0 Å². The molecule has 0 bridgehead atoms. The van der Waals surface area contributed by atoms with E-state index in [1.165, 1.54) is 77.0 Å². The van der Waals surface area contributed by atoms with Gasteiger partial charge < -0.3 is 18.9 Å². The molecule has 4 heteroatoms. The van der Waals surface area contributed by atoms with Crippen molar-refractivity contribution in [3.8, 4) is 34.1 Å². The molecular weight excluding hydrogens is 592 g/mol. The average molecular weight is 667 g/mol. The van der Waals surface area contributed by atoms with Gasteiger partial charge in [0.25, 0.3) is 0 Å². The Kier molecular flexibility index (Phi) is 22.3. The number of ether oxygens (including phenoxy) is 4. The Morgan fingerprint density at radius 2 is 0.646 bits per heavy atom. The van der Waals surface area contributed by atoms with Gasteiger partial charge in [0.05, 0.1) is 26.4 Å². The number of unbranched alkanes of at least 4 members (excludes halogenated alkanes) is 4. The van der Waals surface area contributed by atoms with Crippen molar-refractivity contribution in [2.45, 2.75) is 158 Å². The first kappa shape index (κ1) is 41.8. The highest BCUT2D eigenvalue weighted by molar-refractivity contribution is 5.70. The van der Waals surface area contributed by atoms with Crippen LogP contribution in [0.1, 0.15) is 158 Å². The van der Waals surface area contributed by atoms with Crippen molar-refractivity contribution in [2.75, 3.05) is 26.4 Å². The molecule has 4 atom stereocenters. The summed E-state index contributed by atoms with van der Waals surface area (Å²) in [4.78, 5) is 0. The van der Waals surface area contributed by atoms with Crippen molar-refractivity contribution >= 4 is 0 Å². The SMILES string of the molecule is CCCCC(CC)COc1ccc(-c2ccc(OCC(CC)CCCC)c(OCC(CC)CCCC)c2)cc1OCC(CC)CCCC. The smallest absolute Gasteiger partial charge is 0.161 e. The summed E-state index contributed by atoms with van der Waals surface area (Å²) in [5.41, 5.74) is 2.22. The molecule has 0 heterocycles. The Bertz CT molecular complexity index is 996. The van der Waals surface area contributed by atoms with Crippen LogP contribution >= 0.6 is 0 Å². The van der Waals surface area contributed by atoms with E-state index >= 15 is 0 Å².